The van der Waals surface area contributed by atoms with Crippen LogP contribution in [0.1, 0.15) is 17.8 Å². The summed E-state index contributed by atoms with van der Waals surface area (Å²) in [6.07, 6.45) is 3.07. The molecule has 2 N–H and O–H groups in total. The molecule has 0 spiro atoms. The molecule has 5 rings (SSSR count). The van der Waals surface area contributed by atoms with Gasteiger partial charge in [0.15, 0.2) is 16.6 Å². The monoisotopic (exact) mass is 436 g/mol. The maximum absolute atomic E-state index is 13.2. The van der Waals surface area contributed by atoms with Crippen molar-refractivity contribution in [2.45, 2.75) is 13.0 Å². The molecule has 3 aromatic heterocycles. The van der Waals surface area contributed by atoms with Gasteiger partial charge in [0.2, 0.25) is 0 Å². The number of benzene rings is 1. The molecule has 0 aliphatic carbocycles. The third-order valence-electron chi connectivity index (χ3n) is 5.30. The number of fused-ring (bicyclic) bond motifs is 1. The van der Waals surface area contributed by atoms with Gasteiger partial charge in [0, 0.05) is 24.5 Å². The van der Waals surface area contributed by atoms with Crippen LogP contribution in [0.5, 0.6) is 0 Å². The molecule has 0 radical (unpaired) electrons. The number of nitrogens with one attached hydrogen (secondary N) is 1. The lowest BCUT2D eigenvalue weighted by Crippen LogP contribution is -2.20. The fraction of sp³-hybridized carbons (Fsp3) is 0.227. The van der Waals surface area contributed by atoms with E-state index in [4.69, 9.17) is 10.1 Å². The summed E-state index contributed by atoms with van der Waals surface area (Å²) >= 11 is 1.47. The standard InChI is InChI=1S/C22H21FN6OS/c1-28(22-26-19(13-31-22)14-2-4-16(23)5-3-14)21-18(12-30)25-20-7-6-17(27-29(20)21)15-8-10-24-11-9-15/h2-8,13,24,30H,9-12H2,1H3. The molecule has 0 bridgehead atoms. The van der Waals surface area contributed by atoms with Crippen LogP contribution in [0.2, 0.25) is 0 Å². The molecule has 0 saturated carbocycles. The van der Waals surface area contributed by atoms with E-state index in [1.807, 2.05) is 29.5 Å². The topological polar surface area (TPSA) is 78.6 Å². The van der Waals surface area contributed by atoms with Crippen LogP contribution < -0.4 is 10.2 Å². The summed E-state index contributed by atoms with van der Waals surface area (Å²) in [7, 11) is 1.88. The smallest absolute Gasteiger partial charge is 0.191 e. The molecule has 9 heteroatoms. The summed E-state index contributed by atoms with van der Waals surface area (Å²) in [5.74, 6) is 0.397. The molecule has 1 aromatic carbocycles. The predicted molar refractivity (Wildman–Crippen MR) is 120 cm³/mol. The number of halogens is 1. The molecule has 7 nitrogen and oxygen atoms in total. The summed E-state index contributed by atoms with van der Waals surface area (Å²) in [5.41, 5.74) is 4.90. The van der Waals surface area contributed by atoms with Gasteiger partial charge in [0.1, 0.15) is 11.5 Å². The minimum Gasteiger partial charge on any atom is -0.390 e. The number of aliphatic hydroxyl groups is 1. The van der Waals surface area contributed by atoms with Crippen molar-refractivity contribution in [1.82, 2.24) is 24.9 Å². The Bertz CT molecular complexity index is 1260. The van der Waals surface area contributed by atoms with Crippen molar-refractivity contribution in [2.24, 2.45) is 0 Å². The van der Waals surface area contributed by atoms with E-state index in [1.165, 1.54) is 29.0 Å². The van der Waals surface area contributed by atoms with E-state index in [9.17, 15) is 9.50 Å². The summed E-state index contributed by atoms with van der Waals surface area (Å²) in [6, 6.07) is 10.2. The van der Waals surface area contributed by atoms with Gasteiger partial charge in [-0.15, -0.1) is 11.3 Å². The van der Waals surface area contributed by atoms with E-state index in [0.29, 0.717) is 17.2 Å². The van der Waals surface area contributed by atoms with Gasteiger partial charge < -0.3 is 15.3 Å². The molecule has 0 unspecified atom stereocenters. The average Bonchev–Trinajstić information content (AvgIpc) is 3.44. The van der Waals surface area contributed by atoms with Gasteiger partial charge in [-0.3, -0.25) is 0 Å². The van der Waals surface area contributed by atoms with Crippen molar-refractivity contribution in [1.29, 1.82) is 0 Å². The SMILES string of the molecule is CN(c1nc(-c2ccc(F)cc2)cs1)c1c(CO)nc2ccc(C3=CCNCC3)nn12. The van der Waals surface area contributed by atoms with Crippen LogP contribution in [-0.2, 0) is 6.61 Å². The molecule has 0 saturated heterocycles. The normalized spacial score (nSPS) is 14.1. The van der Waals surface area contributed by atoms with E-state index >= 15 is 0 Å². The minimum atomic E-state index is -0.277. The van der Waals surface area contributed by atoms with Crippen molar-refractivity contribution in [3.8, 4) is 11.3 Å². The maximum atomic E-state index is 13.2. The van der Waals surface area contributed by atoms with Gasteiger partial charge >= 0.3 is 0 Å². The first kappa shape index (κ1) is 19.8. The summed E-state index contributed by atoms with van der Waals surface area (Å²) in [4.78, 5) is 11.1. The van der Waals surface area contributed by atoms with Crippen molar-refractivity contribution < 1.29 is 9.50 Å². The lowest BCUT2D eigenvalue weighted by molar-refractivity contribution is 0.278. The van der Waals surface area contributed by atoms with E-state index in [0.717, 1.165) is 41.6 Å². The summed E-state index contributed by atoms with van der Waals surface area (Å²) in [5, 5.41) is 20.7. The number of anilines is 2. The molecule has 158 valence electrons. The summed E-state index contributed by atoms with van der Waals surface area (Å²) in [6.45, 7) is 1.55. The van der Waals surface area contributed by atoms with Crippen LogP contribution in [0.15, 0.2) is 47.9 Å². The van der Waals surface area contributed by atoms with Gasteiger partial charge in [-0.2, -0.15) is 9.61 Å². The lowest BCUT2D eigenvalue weighted by Gasteiger charge is -2.17. The largest absolute Gasteiger partial charge is 0.390 e. The van der Waals surface area contributed by atoms with E-state index in [-0.39, 0.29) is 12.4 Å². The van der Waals surface area contributed by atoms with Crippen LogP contribution in [0.25, 0.3) is 22.5 Å². The predicted octanol–water partition coefficient (Wildman–Crippen LogP) is 3.63. The molecule has 1 aliphatic rings. The lowest BCUT2D eigenvalue weighted by atomic mass is 10.1. The molecule has 0 atom stereocenters. The van der Waals surface area contributed by atoms with E-state index in [2.05, 4.69) is 16.4 Å². The Morgan fingerprint density at radius 3 is 2.74 bits per heavy atom. The molecule has 4 heterocycles. The van der Waals surface area contributed by atoms with E-state index in [1.54, 1.807) is 16.6 Å². The minimum absolute atomic E-state index is 0.207. The van der Waals surface area contributed by atoms with Crippen molar-refractivity contribution in [3.05, 3.63) is 65.1 Å². The highest BCUT2D eigenvalue weighted by atomic mass is 32.1. The highest BCUT2D eigenvalue weighted by Gasteiger charge is 2.21. The third kappa shape index (κ3) is 3.71. The van der Waals surface area contributed by atoms with Crippen LogP contribution in [0.3, 0.4) is 0 Å². The van der Waals surface area contributed by atoms with Crippen molar-refractivity contribution in [3.63, 3.8) is 0 Å². The average molecular weight is 437 g/mol. The number of thiazole rings is 1. The molecular formula is C22H21FN6OS. The van der Waals surface area contributed by atoms with Crippen LogP contribution in [0, 0.1) is 5.82 Å². The Morgan fingerprint density at radius 1 is 1.16 bits per heavy atom. The van der Waals surface area contributed by atoms with Crippen LogP contribution in [0.4, 0.5) is 15.3 Å². The maximum Gasteiger partial charge on any atom is 0.191 e. The first-order valence-corrected chi connectivity index (χ1v) is 10.9. The Kier molecular flexibility index (Phi) is 5.23. The highest BCUT2D eigenvalue weighted by molar-refractivity contribution is 7.14. The first-order chi connectivity index (χ1) is 15.1. The number of nitrogens with zero attached hydrogens (tertiary/aromatic N) is 5. The number of imidazole rings is 1. The Morgan fingerprint density at radius 2 is 2.00 bits per heavy atom. The van der Waals surface area contributed by atoms with Gasteiger partial charge in [0.05, 0.1) is 18.0 Å². The van der Waals surface area contributed by atoms with Gasteiger partial charge in [-0.05, 0) is 54.9 Å². The third-order valence-corrected chi connectivity index (χ3v) is 6.22. The molecule has 31 heavy (non-hydrogen) atoms. The summed E-state index contributed by atoms with van der Waals surface area (Å²) < 4.78 is 15.0. The van der Waals surface area contributed by atoms with Crippen LogP contribution >= 0.6 is 11.3 Å². The van der Waals surface area contributed by atoms with Gasteiger partial charge in [-0.1, -0.05) is 6.08 Å². The number of hydrogen-bond donors (Lipinski definition) is 2. The fourth-order valence-electron chi connectivity index (χ4n) is 3.70. The Balaban J connectivity index is 1.55. The number of hydrogen-bond acceptors (Lipinski definition) is 7. The zero-order valence-electron chi connectivity index (χ0n) is 16.9. The quantitative estimate of drug-likeness (QED) is 0.498. The number of aliphatic hydroxyl groups excluding tert-OH is 1. The van der Waals surface area contributed by atoms with Crippen molar-refractivity contribution in [2.75, 3.05) is 25.0 Å². The Hall–Kier alpha value is -3.14. The highest BCUT2D eigenvalue weighted by Crippen LogP contribution is 2.33. The number of rotatable bonds is 5. The Labute approximate surface area is 182 Å². The molecule has 4 aromatic rings. The fourth-order valence-corrected chi connectivity index (χ4v) is 4.50. The van der Waals surface area contributed by atoms with Gasteiger partial charge in [0.25, 0.3) is 0 Å². The molecule has 0 amide bonds. The molecular weight excluding hydrogens is 415 g/mol. The van der Waals surface area contributed by atoms with Crippen molar-refractivity contribution >= 4 is 33.5 Å². The van der Waals surface area contributed by atoms with Crippen LogP contribution in [-0.4, -0.2) is 44.8 Å². The second-order valence-electron chi connectivity index (χ2n) is 7.29. The second-order valence-corrected chi connectivity index (χ2v) is 8.13. The first-order valence-electron chi connectivity index (χ1n) is 9.99. The number of aromatic nitrogens is 4. The molecule has 0 fully saturated rings. The zero-order valence-corrected chi connectivity index (χ0v) is 17.7. The van der Waals surface area contributed by atoms with E-state index < -0.39 is 0 Å². The van der Waals surface area contributed by atoms with Gasteiger partial charge in [-0.25, -0.2) is 14.4 Å². The second kappa shape index (κ2) is 8.18. The zero-order chi connectivity index (χ0) is 21.4. The molecule has 1 aliphatic heterocycles.